The number of ether oxygens (including phenoxy) is 1. The van der Waals surface area contributed by atoms with Crippen molar-refractivity contribution in [3.8, 4) is 5.75 Å². The lowest BCUT2D eigenvalue weighted by molar-refractivity contribution is 0.247. The average Bonchev–Trinajstić information content (AvgIpc) is 3.22. The third-order valence-corrected chi connectivity index (χ3v) is 4.55. The molecule has 0 saturated heterocycles. The van der Waals surface area contributed by atoms with Gasteiger partial charge in [0.25, 0.3) is 0 Å². The molecule has 2 saturated carbocycles. The van der Waals surface area contributed by atoms with Crippen molar-refractivity contribution in [2.75, 3.05) is 0 Å². The molecule has 1 aromatic carbocycles. The Morgan fingerprint density at radius 2 is 2.05 bits per heavy atom. The molecule has 2 nitrogen and oxygen atoms in total. The zero-order valence-corrected chi connectivity index (χ0v) is 11.8. The summed E-state index contributed by atoms with van der Waals surface area (Å²) in [5, 5.41) is 0. The highest BCUT2D eigenvalue weighted by Crippen LogP contribution is 2.37. The van der Waals surface area contributed by atoms with Gasteiger partial charge in [-0.2, -0.15) is 0 Å². The predicted molar refractivity (Wildman–Crippen MR) is 78.1 cm³/mol. The van der Waals surface area contributed by atoms with Crippen LogP contribution >= 0.6 is 0 Å². The van der Waals surface area contributed by atoms with Crippen molar-refractivity contribution in [1.82, 2.24) is 0 Å². The first kappa shape index (κ1) is 13.0. The van der Waals surface area contributed by atoms with Crippen LogP contribution in [0.15, 0.2) is 24.3 Å². The molecule has 3 unspecified atom stereocenters. The molecular formula is C17H25NO. The van der Waals surface area contributed by atoms with E-state index in [0.717, 1.165) is 11.7 Å². The third-order valence-electron chi connectivity index (χ3n) is 4.55. The summed E-state index contributed by atoms with van der Waals surface area (Å²) in [5.74, 6) is 2.47. The summed E-state index contributed by atoms with van der Waals surface area (Å²) in [4.78, 5) is 0. The summed E-state index contributed by atoms with van der Waals surface area (Å²) in [6.07, 6.45) is 8.12. The molecule has 2 aliphatic carbocycles. The van der Waals surface area contributed by atoms with Crippen molar-refractivity contribution in [3.05, 3.63) is 29.8 Å². The zero-order chi connectivity index (χ0) is 13.2. The minimum Gasteiger partial charge on any atom is -0.490 e. The minimum absolute atomic E-state index is 0.172. The van der Waals surface area contributed by atoms with E-state index in [9.17, 15) is 0 Å². The van der Waals surface area contributed by atoms with Crippen LogP contribution in [0.2, 0.25) is 0 Å². The molecule has 2 heteroatoms. The summed E-state index contributed by atoms with van der Waals surface area (Å²) in [6, 6.07) is 8.62. The summed E-state index contributed by atoms with van der Waals surface area (Å²) in [7, 11) is 0. The molecular weight excluding hydrogens is 234 g/mol. The van der Waals surface area contributed by atoms with Gasteiger partial charge in [-0.15, -0.1) is 0 Å². The molecule has 3 rings (SSSR count). The van der Waals surface area contributed by atoms with E-state index < -0.39 is 0 Å². The Morgan fingerprint density at radius 1 is 1.21 bits per heavy atom. The number of hydrogen-bond donors (Lipinski definition) is 1. The molecule has 3 atom stereocenters. The van der Waals surface area contributed by atoms with E-state index in [-0.39, 0.29) is 6.04 Å². The van der Waals surface area contributed by atoms with Crippen molar-refractivity contribution in [3.63, 3.8) is 0 Å². The van der Waals surface area contributed by atoms with Crippen LogP contribution in [0, 0.1) is 11.8 Å². The van der Waals surface area contributed by atoms with Crippen LogP contribution in [-0.2, 0) is 0 Å². The summed E-state index contributed by atoms with van der Waals surface area (Å²) >= 11 is 0. The number of nitrogens with two attached hydrogens (primary N) is 1. The van der Waals surface area contributed by atoms with Crippen LogP contribution in [0.3, 0.4) is 0 Å². The fraction of sp³-hybridized carbons (Fsp3) is 0.647. The van der Waals surface area contributed by atoms with Crippen LogP contribution in [-0.4, -0.2) is 6.10 Å². The maximum Gasteiger partial charge on any atom is 0.120 e. The van der Waals surface area contributed by atoms with Gasteiger partial charge in [-0.05, 0) is 55.2 Å². The van der Waals surface area contributed by atoms with E-state index in [2.05, 4.69) is 31.2 Å². The maximum absolute atomic E-state index is 6.49. The van der Waals surface area contributed by atoms with Gasteiger partial charge < -0.3 is 10.5 Å². The molecule has 0 aliphatic heterocycles. The average molecular weight is 259 g/mol. The third kappa shape index (κ3) is 3.30. The molecule has 1 aromatic rings. The van der Waals surface area contributed by atoms with Crippen LogP contribution < -0.4 is 10.5 Å². The van der Waals surface area contributed by atoms with E-state index in [0.29, 0.717) is 12.0 Å². The molecule has 2 aliphatic rings. The Labute approximate surface area is 116 Å². The zero-order valence-electron chi connectivity index (χ0n) is 11.8. The molecule has 0 aromatic heterocycles. The van der Waals surface area contributed by atoms with E-state index in [1.807, 2.05) is 0 Å². The predicted octanol–water partition coefficient (Wildman–Crippen LogP) is 4.05. The van der Waals surface area contributed by atoms with Crippen molar-refractivity contribution in [1.29, 1.82) is 0 Å². The number of benzene rings is 1. The molecule has 0 spiro atoms. The molecule has 104 valence electrons. The SMILES string of the molecule is CC1CCCC(C(N)c2cccc(OC3CC3)c2)C1. The van der Waals surface area contributed by atoms with Gasteiger partial charge in [-0.25, -0.2) is 0 Å². The normalized spacial score (nSPS) is 28.9. The van der Waals surface area contributed by atoms with Gasteiger partial charge in [0.05, 0.1) is 6.10 Å². The fourth-order valence-corrected chi connectivity index (χ4v) is 3.25. The lowest BCUT2D eigenvalue weighted by Crippen LogP contribution is -2.26. The molecule has 2 N–H and O–H groups in total. The summed E-state index contributed by atoms with van der Waals surface area (Å²) < 4.78 is 5.87. The monoisotopic (exact) mass is 259 g/mol. The van der Waals surface area contributed by atoms with Gasteiger partial charge in [0.2, 0.25) is 0 Å². The Kier molecular flexibility index (Phi) is 3.79. The van der Waals surface area contributed by atoms with E-state index in [1.165, 1.54) is 44.1 Å². The van der Waals surface area contributed by atoms with Gasteiger partial charge in [-0.3, -0.25) is 0 Å². The summed E-state index contributed by atoms with van der Waals surface area (Å²) in [6.45, 7) is 2.35. The highest BCUT2D eigenvalue weighted by molar-refractivity contribution is 5.31. The molecule has 0 bridgehead atoms. The Hall–Kier alpha value is -1.02. The van der Waals surface area contributed by atoms with E-state index >= 15 is 0 Å². The van der Waals surface area contributed by atoms with Crippen LogP contribution in [0.25, 0.3) is 0 Å². The lowest BCUT2D eigenvalue weighted by Gasteiger charge is -2.31. The molecule has 0 heterocycles. The molecule has 0 amide bonds. The second kappa shape index (κ2) is 5.54. The quantitative estimate of drug-likeness (QED) is 0.885. The maximum atomic E-state index is 6.49. The molecule has 2 fully saturated rings. The fourth-order valence-electron chi connectivity index (χ4n) is 3.25. The van der Waals surface area contributed by atoms with Gasteiger partial charge >= 0.3 is 0 Å². The Balaban J connectivity index is 1.69. The van der Waals surface area contributed by atoms with Crippen molar-refractivity contribution < 1.29 is 4.74 Å². The second-order valence-electron chi connectivity index (χ2n) is 6.45. The highest BCUT2D eigenvalue weighted by atomic mass is 16.5. The van der Waals surface area contributed by atoms with Crippen molar-refractivity contribution in [2.45, 2.75) is 57.6 Å². The Morgan fingerprint density at radius 3 is 2.79 bits per heavy atom. The van der Waals surface area contributed by atoms with Crippen LogP contribution in [0.5, 0.6) is 5.75 Å². The van der Waals surface area contributed by atoms with E-state index in [4.69, 9.17) is 10.5 Å². The highest BCUT2D eigenvalue weighted by Gasteiger charge is 2.26. The minimum atomic E-state index is 0.172. The standard InChI is InChI=1S/C17H25NO/c1-12-4-2-5-13(10-12)17(18)14-6-3-7-16(11-14)19-15-8-9-15/h3,6-7,11-13,15,17H,2,4-5,8-10,18H2,1H3. The number of rotatable bonds is 4. The van der Waals surface area contributed by atoms with Crippen LogP contribution in [0.4, 0.5) is 0 Å². The summed E-state index contributed by atoms with van der Waals surface area (Å²) in [5.41, 5.74) is 7.74. The van der Waals surface area contributed by atoms with Gasteiger partial charge in [0, 0.05) is 6.04 Å². The smallest absolute Gasteiger partial charge is 0.120 e. The lowest BCUT2D eigenvalue weighted by atomic mass is 9.77. The van der Waals surface area contributed by atoms with E-state index in [1.54, 1.807) is 0 Å². The number of hydrogen-bond acceptors (Lipinski definition) is 2. The van der Waals surface area contributed by atoms with Gasteiger partial charge in [0.15, 0.2) is 0 Å². The largest absolute Gasteiger partial charge is 0.490 e. The first-order chi connectivity index (χ1) is 9.22. The first-order valence-corrected chi connectivity index (χ1v) is 7.74. The van der Waals surface area contributed by atoms with Crippen LogP contribution in [0.1, 0.15) is 57.1 Å². The second-order valence-corrected chi connectivity index (χ2v) is 6.45. The van der Waals surface area contributed by atoms with Gasteiger partial charge in [0.1, 0.15) is 5.75 Å². The first-order valence-electron chi connectivity index (χ1n) is 7.74. The Bertz CT molecular complexity index is 427. The molecule has 19 heavy (non-hydrogen) atoms. The molecule has 0 radical (unpaired) electrons. The van der Waals surface area contributed by atoms with Crippen molar-refractivity contribution in [2.24, 2.45) is 17.6 Å². The van der Waals surface area contributed by atoms with Gasteiger partial charge in [-0.1, -0.05) is 31.9 Å². The topological polar surface area (TPSA) is 35.2 Å². The van der Waals surface area contributed by atoms with Crippen molar-refractivity contribution >= 4 is 0 Å².